The number of nitrogens with zero attached hydrogens (tertiary/aromatic N) is 1. The van der Waals surface area contributed by atoms with Crippen molar-refractivity contribution in [3.05, 3.63) is 29.8 Å². The van der Waals surface area contributed by atoms with Crippen LogP contribution in [0.3, 0.4) is 0 Å². The number of rotatable bonds is 2. The Morgan fingerprint density at radius 1 is 1.56 bits per heavy atom. The molecule has 2 aromatic rings. The predicted molar refractivity (Wildman–Crippen MR) is 60.9 cm³/mol. The fourth-order valence-electron chi connectivity index (χ4n) is 2.28. The van der Waals surface area contributed by atoms with Gasteiger partial charge in [-0.15, -0.1) is 0 Å². The highest BCUT2D eigenvalue weighted by molar-refractivity contribution is 5.48. The van der Waals surface area contributed by atoms with Gasteiger partial charge in [-0.1, -0.05) is 0 Å². The molecule has 0 radical (unpaired) electrons. The number of fused-ring (bicyclic) bond motifs is 1. The number of nitrogens with two attached hydrogens (primary N) is 1. The lowest BCUT2D eigenvalue weighted by Gasteiger charge is -2.18. The fourth-order valence-corrected chi connectivity index (χ4v) is 2.28. The second-order valence-electron chi connectivity index (χ2n) is 4.33. The van der Waals surface area contributed by atoms with Gasteiger partial charge in [0.05, 0.1) is 12.0 Å². The summed E-state index contributed by atoms with van der Waals surface area (Å²) in [6.45, 7) is 0.758. The molecule has 16 heavy (non-hydrogen) atoms. The van der Waals surface area contributed by atoms with Gasteiger partial charge >= 0.3 is 0 Å². The first kappa shape index (κ1) is 9.66. The van der Waals surface area contributed by atoms with Gasteiger partial charge in [0.2, 0.25) is 0 Å². The van der Waals surface area contributed by atoms with E-state index in [1.807, 2.05) is 12.1 Å². The zero-order valence-corrected chi connectivity index (χ0v) is 9.07. The summed E-state index contributed by atoms with van der Waals surface area (Å²) in [4.78, 5) is 7.91. The summed E-state index contributed by atoms with van der Waals surface area (Å²) >= 11 is 0. The Kier molecular flexibility index (Phi) is 2.29. The largest absolute Gasteiger partial charge is 0.461 e. The van der Waals surface area contributed by atoms with Crippen molar-refractivity contribution in [2.75, 3.05) is 6.54 Å². The van der Waals surface area contributed by atoms with Gasteiger partial charge in [0.15, 0.2) is 11.6 Å². The number of nitrogens with one attached hydrogen (secondary N) is 1. The Morgan fingerprint density at radius 3 is 3.25 bits per heavy atom. The Hall–Kier alpha value is -1.55. The first-order valence-electron chi connectivity index (χ1n) is 5.68. The minimum absolute atomic E-state index is 0.595. The van der Waals surface area contributed by atoms with E-state index in [9.17, 15) is 0 Å². The Bertz CT molecular complexity index is 472. The highest BCUT2D eigenvalue weighted by atomic mass is 16.3. The number of hydrogen-bond acceptors (Lipinski definition) is 3. The number of aromatic nitrogens is 2. The molecule has 3 rings (SSSR count). The molecular formula is C12H15N3O. The molecule has 0 fully saturated rings. The molecule has 4 heteroatoms. The summed E-state index contributed by atoms with van der Waals surface area (Å²) in [6, 6.07) is 3.80. The first-order chi connectivity index (χ1) is 7.86. The molecule has 1 unspecified atom stereocenters. The van der Waals surface area contributed by atoms with Crippen LogP contribution in [-0.4, -0.2) is 16.5 Å². The van der Waals surface area contributed by atoms with Crippen molar-refractivity contribution >= 4 is 0 Å². The van der Waals surface area contributed by atoms with Gasteiger partial charge in [-0.25, -0.2) is 4.98 Å². The molecule has 84 valence electrons. The third-order valence-corrected chi connectivity index (χ3v) is 3.23. The summed E-state index contributed by atoms with van der Waals surface area (Å²) in [5, 5.41) is 0. The molecular weight excluding hydrogens is 202 g/mol. The molecule has 0 saturated heterocycles. The number of hydrogen-bond donors (Lipinski definition) is 2. The Labute approximate surface area is 93.9 Å². The maximum Gasteiger partial charge on any atom is 0.173 e. The molecule has 0 bridgehead atoms. The molecule has 3 N–H and O–H groups in total. The van der Waals surface area contributed by atoms with Crippen LogP contribution in [0.15, 0.2) is 22.8 Å². The standard InChI is InChI=1S/C12H15N3O/c13-7-8-3-4-9-10(6-8)15-12(14-9)11-2-1-5-16-11/h1-2,5,8H,3-4,6-7,13H2,(H,14,15). The smallest absolute Gasteiger partial charge is 0.173 e. The van der Waals surface area contributed by atoms with Gasteiger partial charge in [-0.05, 0) is 43.9 Å². The van der Waals surface area contributed by atoms with E-state index < -0.39 is 0 Å². The summed E-state index contributed by atoms with van der Waals surface area (Å²) in [5.41, 5.74) is 8.12. The number of H-pyrrole nitrogens is 1. The predicted octanol–water partition coefficient (Wildman–Crippen LogP) is 1.73. The molecule has 2 heterocycles. The minimum Gasteiger partial charge on any atom is -0.461 e. The Balaban J connectivity index is 1.92. The van der Waals surface area contributed by atoms with Crippen molar-refractivity contribution in [2.24, 2.45) is 11.7 Å². The van der Waals surface area contributed by atoms with Crippen molar-refractivity contribution in [2.45, 2.75) is 19.3 Å². The summed E-state index contributed by atoms with van der Waals surface area (Å²) in [5.74, 6) is 2.24. The van der Waals surface area contributed by atoms with E-state index in [1.54, 1.807) is 6.26 Å². The third-order valence-electron chi connectivity index (χ3n) is 3.23. The van der Waals surface area contributed by atoms with Crippen LogP contribution in [0.2, 0.25) is 0 Å². The maximum atomic E-state index is 5.71. The van der Waals surface area contributed by atoms with Crippen molar-refractivity contribution in [3.63, 3.8) is 0 Å². The minimum atomic E-state index is 0.595. The second-order valence-corrected chi connectivity index (χ2v) is 4.33. The van der Waals surface area contributed by atoms with Crippen LogP contribution in [-0.2, 0) is 12.8 Å². The van der Waals surface area contributed by atoms with Crippen LogP contribution in [0.5, 0.6) is 0 Å². The summed E-state index contributed by atoms with van der Waals surface area (Å²) in [7, 11) is 0. The van der Waals surface area contributed by atoms with E-state index in [1.165, 1.54) is 11.4 Å². The van der Waals surface area contributed by atoms with E-state index >= 15 is 0 Å². The van der Waals surface area contributed by atoms with Crippen molar-refractivity contribution in [1.29, 1.82) is 0 Å². The molecule has 1 aliphatic carbocycles. The lowest BCUT2D eigenvalue weighted by Crippen LogP contribution is -2.22. The average molecular weight is 217 g/mol. The van der Waals surface area contributed by atoms with E-state index in [0.717, 1.165) is 37.4 Å². The van der Waals surface area contributed by atoms with E-state index in [4.69, 9.17) is 10.2 Å². The normalized spacial score (nSPS) is 19.7. The lowest BCUT2D eigenvalue weighted by atomic mass is 9.90. The van der Waals surface area contributed by atoms with Crippen LogP contribution in [0.1, 0.15) is 17.8 Å². The van der Waals surface area contributed by atoms with Crippen LogP contribution in [0, 0.1) is 5.92 Å². The van der Waals surface area contributed by atoms with Crippen LogP contribution in [0.4, 0.5) is 0 Å². The molecule has 0 saturated carbocycles. The van der Waals surface area contributed by atoms with E-state index in [2.05, 4.69) is 9.97 Å². The number of furan rings is 1. The molecule has 4 nitrogen and oxygen atoms in total. The van der Waals surface area contributed by atoms with Crippen LogP contribution < -0.4 is 5.73 Å². The molecule has 1 atom stereocenters. The molecule has 0 aromatic carbocycles. The zero-order chi connectivity index (χ0) is 11.0. The molecule has 1 aliphatic rings. The van der Waals surface area contributed by atoms with Gasteiger partial charge < -0.3 is 15.1 Å². The summed E-state index contributed by atoms with van der Waals surface area (Å²) < 4.78 is 5.33. The van der Waals surface area contributed by atoms with Gasteiger partial charge in [0, 0.05) is 5.69 Å². The van der Waals surface area contributed by atoms with Crippen molar-refractivity contribution in [1.82, 2.24) is 9.97 Å². The van der Waals surface area contributed by atoms with E-state index in [-0.39, 0.29) is 0 Å². The number of imidazole rings is 1. The van der Waals surface area contributed by atoms with Gasteiger partial charge in [0.25, 0.3) is 0 Å². The second kappa shape index (κ2) is 3.79. The van der Waals surface area contributed by atoms with Crippen LogP contribution >= 0.6 is 0 Å². The van der Waals surface area contributed by atoms with Gasteiger partial charge in [-0.3, -0.25) is 0 Å². The maximum absolute atomic E-state index is 5.71. The van der Waals surface area contributed by atoms with Gasteiger partial charge in [0.1, 0.15) is 0 Å². The topological polar surface area (TPSA) is 67.8 Å². The molecule has 0 spiro atoms. The zero-order valence-electron chi connectivity index (χ0n) is 9.07. The quantitative estimate of drug-likeness (QED) is 0.805. The molecule has 2 aromatic heterocycles. The lowest BCUT2D eigenvalue weighted by molar-refractivity contribution is 0.461. The molecule has 0 aliphatic heterocycles. The number of aromatic amines is 1. The summed E-state index contributed by atoms with van der Waals surface area (Å²) in [6.07, 6.45) is 4.85. The molecule has 0 amide bonds. The number of aryl methyl sites for hydroxylation is 1. The fraction of sp³-hybridized carbons (Fsp3) is 0.417. The van der Waals surface area contributed by atoms with Crippen molar-refractivity contribution in [3.8, 4) is 11.6 Å². The Morgan fingerprint density at radius 2 is 2.50 bits per heavy atom. The highest BCUT2D eigenvalue weighted by Gasteiger charge is 2.21. The van der Waals surface area contributed by atoms with Crippen LogP contribution in [0.25, 0.3) is 11.6 Å². The highest BCUT2D eigenvalue weighted by Crippen LogP contribution is 2.26. The SMILES string of the molecule is NCC1CCc2nc(-c3ccco3)[nH]c2C1. The van der Waals surface area contributed by atoms with E-state index in [0.29, 0.717) is 5.92 Å². The first-order valence-corrected chi connectivity index (χ1v) is 5.68. The van der Waals surface area contributed by atoms with Crippen molar-refractivity contribution < 1.29 is 4.42 Å². The third kappa shape index (κ3) is 1.55. The average Bonchev–Trinajstić information content (AvgIpc) is 2.96. The monoisotopic (exact) mass is 217 g/mol. The van der Waals surface area contributed by atoms with Gasteiger partial charge in [-0.2, -0.15) is 0 Å².